The second kappa shape index (κ2) is 6.48. The quantitative estimate of drug-likeness (QED) is 0.870. The molecule has 0 fully saturated rings. The highest BCUT2D eigenvalue weighted by atomic mass is 35.5. The molecule has 0 aliphatic rings. The van der Waals surface area contributed by atoms with Crippen LogP contribution in [0.5, 0.6) is 0 Å². The molecule has 2 aromatic rings. The van der Waals surface area contributed by atoms with Crippen LogP contribution in [0, 0.1) is 0 Å². The summed E-state index contributed by atoms with van der Waals surface area (Å²) in [7, 11) is -4.67. The van der Waals surface area contributed by atoms with E-state index in [-0.39, 0.29) is 20.5 Å². The number of sulfonamides is 2. The van der Waals surface area contributed by atoms with Gasteiger partial charge in [0.25, 0.3) is 10.0 Å². The minimum atomic E-state index is -3.86. The molecule has 0 spiro atoms. The van der Waals surface area contributed by atoms with Gasteiger partial charge in [-0.05, 0) is 36.4 Å². The number of halogens is 1. The first-order valence-electron chi connectivity index (χ1n) is 6.44. The summed E-state index contributed by atoms with van der Waals surface area (Å²) in [5.74, 6) is 0. The van der Waals surface area contributed by atoms with E-state index in [2.05, 4.69) is 4.72 Å². The second-order valence-corrected chi connectivity index (χ2v) is 9.09. The summed E-state index contributed by atoms with van der Waals surface area (Å²) < 4.78 is 52.0. The minimum Gasteiger partial charge on any atom is -0.278 e. The van der Waals surface area contributed by atoms with Crippen LogP contribution in [0.2, 0.25) is 5.02 Å². The molecule has 0 aliphatic heterocycles. The van der Waals surface area contributed by atoms with Gasteiger partial charge in [-0.25, -0.2) is 21.1 Å². The maximum Gasteiger partial charge on any atom is 0.261 e. The molecule has 1 N–H and O–H groups in total. The third-order valence-electron chi connectivity index (χ3n) is 3.03. The number of nitrogens with zero attached hydrogens (tertiary/aromatic N) is 1. The highest BCUT2D eigenvalue weighted by Gasteiger charge is 2.20. The number of nitrogens with one attached hydrogen (secondary N) is 1. The molecule has 23 heavy (non-hydrogen) atoms. The zero-order valence-electron chi connectivity index (χ0n) is 12.4. The molecule has 0 amide bonds. The molecular weight excluding hydrogens is 360 g/mol. The van der Waals surface area contributed by atoms with Crippen molar-refractivity contribution in [2.75, 3.05) is 18.8 Å². The Morgan fingerprint density at radius 2 is 1.39 bits per heavy atom. The molecule has 0 saturated heterocycles. The van der Waals surface area contributed by atoms with E-state index in [1.165, 1.54) is 44.4 Å². The third-order valence-corrected chi connectivity index (χ3v) is 6.57. The van der Waals surface area contributed by atoms with E-state index in [1.807, 2.05) is 0 Å². The van der Waals surface area contributed by atoms with E-state index in [0.29, 0.717) is 0 Å². The highest BCUT2D eigenvalue weighted by Crippen LogP contribution is 2.24. The molecule has 6 nitrogen and oxygen atoms in total. The highest BCUT2D eigenvalue weighted by molar-refractivity contribution is 7.92. The molecule has 0 unspecified atom stereocenters. The first-order valence-corrected chi connectivity index (χ1v) is 9.74. The van der Waals surface area contributed by atoms with E-state index in [0.717, 1.165) is 4.31 Å². The summed E-state index contributed by atoms with van der Waals surface area (Å²) >= 11 is 5.93. The van der Waals surface area contributed by atoms with Gasteiger partial charge < -0.3 is 0 Å². The fourth-order valence-electron chi connectivity index (χ4n) is 1.75. The Hall–Kier alpha value is -1.61. The maximum atomic E-state index is 12.3. The van der Waals surface area contributed by atoms with Crippen molar-refractivity contribution in [1.82, 2.24) is 4.31 Å². The number of para-hydroxylation sites is 1. The fraction of sp³-hybridized carbons (Fsp3) is 0.143. The molecule has 0 heterocycles. The van der Waals surface area contributed by atoms with Crippen LogP contribution in [0.3, 0.4) is 0 Å². The van der Waals surface area contributed by atoms with Crippen molar-refractivity contribution >= 4 is 37.3 Å². The van der Waals surface area contributed by atoms with Gasteiger partial charge in [0.05, 0.1) is 20.5 Å². The van der Waals surface area contributed by atoms with Gasteiger partial charge in [-0.2, -0.15) is 0 Å². The lowest BCUT2D eigenvalue weighted by molar-refractivity contribution is 0.520. The summed E-state index contributed by atoms with van der Waals surface area (Å²) in [6, 6.07) is 11.4. The van der Waals surface area contributed by atoms with Crippen LogP contribution in [-0.2, 0) is 20.0 Å². The van der Waals surface area contributed by atoms with Gasteiger partial charge in [-0.15, -0.1) is 0 Å². The van der Waals surface area contributed by atoms with Crippen molar-refractivity contribution in [2.24, 2.45) is 0 Å². The van der Waals surface area contributed by atoms with Gasteiger partial charge in [0.1, 0.15) is 0 Å². The number of hydrogen-bond acceptors (Lipinski definition) is 4. The van der Waals surface area contributed by atoms with Crippen molar-refractivity contribution in [3.05, 3.63) is 53.6 Å². The normalized spacial score (nSPS) is 12.3. The lowest BCUT2D eigenvalue weighted by Gasteiger charge is -2.12. The van der Waals surface area contributed by atoms with Crippen molar-refractivity contribution in [3.8, 4) is 0 Å². The average molecular weight is 375 g/mol. The van der Waals surface area contributed by atoms with Gasteiger partial charge in [-0.1, -0.05) is 23.7 Å². The summed E-state index contributed by atoms with van der Waals surface area (Å²) in [5.41, 5.74) is 0.249. The van der Waals surface area contributed by atoms with Crippen molar-refractivity contribution < 1.29 is 16.8 Å². The zero-order valence-corrected chi connectivity index (χ0v) is 14.8. The fourth-order valence-corrected chi connectivity index (χ4v) is 3.97. The molecule has 124 valence electrons. The van der Waals surface area contributed by atoms with E-state index in [1.54, 1.807) is 18.2 Å². The van der Waals surface area contributed by atoms with E-state index in [9.17, 15) is 16.8 Å². The van der Waals surface area contributed by atoms with Gasteiger partial charge in [0.2, 0.25) is 10.0 Å². The molecule has 0 atom stereocenters. The van der Waals surface area contributed by atoms with Crippen LogP contribution in [0.15, 0.2) is 58.3 Å². The van der Waals surface area contributed by atoms with Crippen LogP contribution >= 0.6 is 11.6 Å². The molecule has 9 heteroatoms. The second-order valence-electron chi connectivity index (χ2n) is 4.84. The lowest BCUT2D eigenvalue weighted by Crippen LogP contribution is -2.22. The Labute approximate surface area is 140 Å². The standard InChI is InChI=1S/C14H15ClN2O4S2/c1-17(2)23(20,21)12-9-7-11(8-10-12)22(18,19)16-14-6-4-3-5-13(14)15/h3-10,16H,1-2H3. The summed E-state index contributed by atoms with van der Waals surface area (Å²) in [6.07, 6.45) is 0. The van der Waals surface area contributed by atoms with Crippen molar-refractivity contribution in [3.63, 3.8) is 0 Å². The van der Waals surface area contributed by atoms with E-state index >= 15 is 0 Å². The van der Waals surface area contributed by atoms with Crippen LogP contribution in [-0.4, -0.2) is 35.2 Å². The summed E-state index contributed by atoms with van der Waals surface area (Å²) in [4.78, 5) is -0.0469. The average Bonchev–Trinajstić information content (AvgIpc) is 2.49. The molecule has 0 aromatic heterocycles. The number of hydrogen-bond donors (Lipinski definition) is 1. The largest absolute Gasteiger partial charge is 0.278 e. The van der Waals surface area contributed by atoms with Crippen molar-refractivity contribution in [1.29, 1.82) is 0 Å². The predicted molar refractivity (Wildman–Crippen MR) is 89.6 cm³/mol. The molecule has 0 saturated carbocycles. The van der Waals surface area contributed by atoms with Crippen LogP contribution in [0.4, 0.5) is 5.69 Å². The predicted octanol–water partition coefficient (Wildman–Crippen LogP) is 2.39. The molecule has 0 bridgehead atoms. The van der Waals surface area contributed by atoms with Gasteiger partial charge >= 0.3 is 0 Å². The Morgan fingerprint density at radius 3 is 1.91 bits per heavy atom. The minimum absolute atomic E-state index is 0.0131. The SMILES string of the molecule is CN(C)S(=O)(=O)c1ccc(S(=O)(=O)Nc2ccccc2Cl)cc1. The molecule has 0 radical (unpaired) electrons. The Balaban J connectivity index is 2.34. The Kier molecular flexibility index (Phi) is 5.00. The Morgan fingerprint density at radius 1 is 0.870 bits per heavy atom. The smallest absolute Gasteiger partial charge is 0.261 e. The number of anilines is 1. The van der Waals surface area contributed by atoms with Crippen LogP contribution < -0.4 is 4.72 Å². The first-order chi connectivity index (χ1) is 10.6. The van der Waals surface area contributed by atoms with Gasteiger partial charge in [0, 0.05) is 14.1 Å². The number of rotatable bonds is 5. The first kappa shape index (κ1) is 17.7. The third kappa shape index (κ3) is 3.84. The molecular formula is C14H15ClN2O4S2. The van der Waals surface area contributed by atoms with Crippen LogP contribution in [0.25, 0.3) is 0 Å². The monoisotopic (exact) mass is 374 g/mol. The topological polar surface area (TPSA) is 83.6 Å². The molecule has 2 aromatic carbocycles. The Bertz CT molecular complexity index is 908. The van der Waals surface area contributed by atoms with E-state index < -0.39 is 20.0 Å². The number of benzene rings is 2. The van der Waals surface area contributed by atoms with Gasteiger partial charge in [0.15, 0.2) is 0 Å². The molecule has 0 aliphatic carbocycles. The van der Waals surface area contributed by atoms with E-state index in [4.69, 9.17) is 11.6 Å². The van der Waals surface area contributed by atoms with Crippen molar-refractivity contribution in [2.45, 2.75) is 9.79 Å². The molecule has 2 rings (SSSR count). The van der Waals surface area contributed by atoms with Crippen LogP contribution in [0.1, 0.15) is 0 Å². The summed E-state index contributed by atoms with van der Waals surface area (Å²) in [6.45, 7) is 0. The van der Waals surface area contributed by atoms with Gasteiger partial charge in [-0.3, -0.25) is 4.72 Å². The maximum absolute atomic E-state index is 12.3. The summed E-state index contributed by atoms with van der Waals surface area (Å²) in [5, 5.41) is 0.267. The lowest BCUT2D eigenvalue weighted by atomic mass is 10.3. The zero-order chi connectivity index (χ0) is 17.3.